The van der Waals surface area contributed by atoms with Crippen molar-refractivity contribution in [2.45, 2.75) is 32.4 Å². The number of benzene rings is 1. The summed E-state index contributed by atoms with van der Waals surface area (Å²) in [7, 11) is 1.36. The molecule has 2 aromatic rings. The maximum absolute atomic E-state index is 12.2. The number of aromatic nitrogens is 1. The zero-order valence-electron chi connectivity index (χ0n) is 13.4. The molecule has 1 aromatic heterocycles. The van der Waals surface area contributed by atoms with Gasteiger partial charge >= 0.3 is 5.97 Å². The maximum Gasteiger partial charge on any atom is 0.327 e. The van der Waals surface area contributed by atoms with E-state index in [2.05, 4.69) is 23.3 Å². The van der Waals surface area contributed by atoms with E-state index >= 15 is 0 Å². The number of nitrogens with zero attached hydrogens (tertiary/aromatic N) is 2. The molecule has 0 amide bonds. The molecular weight excluding hydrogens is 310 g/mol. The van der Waals surface area contributed by atoms with Gasteiger partial charge in [0.05, 0.1) is 24.8 Å². The quantitative estimate of drug-likeness (QED) is 0.824. The third-order valence-electron chi connectivity index (χ3n) is 3.49. The van der Waals surface area contributed by atoms with Gasteiger partial charge in [0.2, 0.25) is 0 Å². The highest BCUT2D eigenvalue weighted by atomic mass is 32.1. The molecule has 0 unspecified atom stereocenters. The molecule has 0 aliphatic rings. The Bertz CT molecular complexity index is 721. The summed E-state index contributed by atoms with van der Waals surface area (Å²) in [5.74, 6) is -0.390. The molecule has 1 heterocycles. The smallest absolute Gasteiger partial charge is 0.327 e. The highest BCUT2D eigenvalue weighted by molar-refractivity contribution is 7.11. The summed E-state index contributed by atoms with van der Waals surface area (Å²) < 4.78 is 4.90. The fourth-order valence-electron chi connectivity index (χ4n) is 2.21. The van der Waals surface area contributed by atoms with Crippen LogP contribution in [0, 0.1) is 11.3 Å². The van der Waals surface area contributed by atoms with Crippen LogP contribution in [-0.4, -0.2) is 18.1 Å². The van der Waals surface area contributed by atoms with Crippen LogP contribution in [0.3, 0.4) is 0 Å². The van der Waals surface area contributed by atoms with Crippen LogP contribution in [0.1, 0.15) is 46.9 Å². The summed E-state index contributed by atoms with van der Waals surface area (Å²) in [5.41, 5.74) is 1.21. The number of carbonyl (C=O) groups is 1. The second-order valence-corrected chi connectivity index (χ2v) is 6.25. The van der Waals surface area contributed by atoms with Crippen molar-refractivity contribution in [3.63, 3.8) is 0 Å². The number of carbonyl (C=O) groups excluding carboxylic acids is 1. The standard InChI is InChI=1S/C17H19N3O2S/c1-4-14-10-19-16(23-14)11(2)20-15(17(21)22-3)13-7-5-6-12(8-13)9-18/h5-8,10-11,15,20H,4H2,1-3H3/t11-,15+/m0/s1. The maximum atomic E-state index is 12.2. The molecule has 0 fully saturated rings. The van der Waals surface area contributed by atoms with E-state index in [1.165, 1.54) is 12.0 Å². The first-order chi connectivity index (χ1) is 11.1. The number of thiazole rings is 1. The highest BCUT2D eigenvalue weighted by Crippen LogP contribution is 2.25. The van der Waals surface area contributed by atoms with Gasteiger partial charge in [-0.25, -0.2) is 9.78 Å². The number of rotatable bonds is 6. The molecular formula is C17H19N3O2S. The molecule has 0 saturated heterocycles. The summed E-state index contributed by atoms with van der Waals surface area (Å²) in [6.07, 6.45) is 2.80. The van der Waals surface area contributed by atoms with Crippen LogP contribution >= 0.6 is 11.3 Å². The molecule has 0 saturated carbocycles. The lowest BCUT2D eigenvalue weighted by Gasteiger charge is -2.20. The number of hydrogen-bond donors (Lipinski definition) is 1. The largest absolute Gasteiger partial charge is 0.468 e. The molecule has 2 atom stereocenters. The van der Waals surface area contributed by atoms with Crippen molar-refractivity contribution >= 4 is 17.3 Å². The zero-order chi connectivity index (χ0) is 16.8. The molecule has 6 heteroatoms. The molecule has 120 valence electrons. The number of ether oxygens (including phenoxy) is 1. The number of nitriles is 1. The van der Waals surface area contributed by atoms with Crippen molar-refractivity contribution in [3.8, 4) is 6.07 Å². The van der Waals surface area contributed by atoms with E-state index in [1.54, 1.807) is 29.5 Å². The lowest BCUT2D eigenvalue weighted by molar-refractivity contribution is -0.143. The van der Waals surface area contributed by atoms with Gasteiger partial charge in [-0.2, -0.15) is 5.26 Å². The van der Waals surface area contributed by atoms with Gasteiger partial charge < -0.3 is 4.74 Å². The number of esters is 1. The summed E-state index contributed by atoms with van der Waals surface area (Å²) in [6, 6.07) is 8.31. The van der Waals surface area contributed by atoms with E-state index < -0.39 is 6.04 Å². The SMILES string of the molecule is CCc1cnc([C@H](C)N[C@@H](C(=O)OC)c2cccc(C#N)c2)s1. The number of methoxy groups -OCH3 is 1. The molecule has 2 rings (SSSR count). The second-order valence-electron chi connectivity index (χ2n) is 5.10. The van der Waals surface area contributed by atoms with Crippen molar-refractivity contribution in [2.75, 3.05) is 7.11 Å². The van der Waals surface area contributed by atoms with Crippen molar-refractivity contribution in [1.29, 1.82) is 5.26 Å². The first kappa shape index (κ1) is 17.1. The topological polar surface area (TPSA) is 75.0 Å². The molecule has 5 nitrogen and oxygen atoms in total. The fraction of sp³-hybridized carbons (Fsp3) is 0.353. The average Bonchev–Trinajstić information content (AvgIpc) is 3.08. The van der Waals surface area contributed by atoms with Gasteiger partial charge in [0.25, 0.3) is 0 Å². The monoisotopic (exact) mass is 329 g/mol. The molecule has 0 bridgehead atoms. The molecule has 0 radical (unpaired) electrons. The van der Waals surface area contributed by atoms with E-state index in [0.717, 1.165) is 11.4 Å². The summed E-state index contributed by atoms with van der Waals surface area (Å²) in [6.45, 7) is 4.04. The van der Waals surface area contributed by atoms with E-state index in [-0.39, 0.29) is 12.0 Å². The van der Waals surface area contributed by atoms with Gasteiger partial charge in [0, 0.05) is 11.1 Å². The second kappa shape index (κ2) is 7.86. The van der Waals surface area contributed by atoms with E-state index in [1.807, 2.05) is 19.2 Å². The van der Waals surface area contributed by atoms with Crippen LogP contribution in [-0.2, 0) is 16.0 Å². The van der Waals surface area contributed by atoms with Gasteiger partial charge in [-0.1, -0.05) is 19.1 Å². The predicted molar refractivity (Wildman–Crippen MR) is 89.0 cm³/mol. The van der Waals surface area contributed by atoms with Gasteiger partial charge in [-0.05, 0) is 31.0 Å². The van der Waals surface area contributed by atoms with Crippen LogP contribution in [0.4, 0.5) is 0 Å². The Labute approximate surface area is 139 Å². The Morgan fingerprint density at radius 1 is 1.52 bits per heavy atom. The number of hydrogen-bond acceptors (Lipinski definition) is 6. The predicted octanol–water partition coefficient (Wildman–Crippen LogP) is 3.14. The summed E-state index contributed by atoms with van der Waals surface area (Å²) in [5, 5.41) is 13.2. The summed E-state index contributed by atoms with van der Waals surface area (Å²) >= 11 is 1.63. The van der Waals surface area contributed by atoms with Crippen molar-refractivity contribution in [1.82, 2.24) is 10.3 Å². The van der Waals surface area contributed by atoms with E-state index in [4.69, 9.17) is 10.00 Å². The van der Waals surface area contributed by atoms with Crippen molar-refractivity contribution in [3.05, 3.63) is 51.5 Å². The first-order valence-electron chi connectivity index (χ1n) is 7.37. The van der Waals surface area contributed by atoms with Crippen LogP contribution < -0.4 is 5.32 Å². The number of nitrogens with one attached hydrogen (secondary N) is 1. The van der Waals surface area contributed by atoms with Crippen LogP contribution in [0.5, 0.6) is 0 Å². The van der Waals surface area contributed by atoms with Crippen LogP contribution in [0.2, 0.25) is 0 Å². The Kier molecular flexibility index (Phi) is 5.85. The van der Waals surface area contributed by atoms with Gasteiger partial charge in [-0.15, -0.1) is 11.3 Å². The van der Waals surface area contributed by atoms with Gasteiger partial charge in [-0.3, -0.25) is 5.32 Å². The Morgan fingerprint density at radius 2 is 2.30 bits per heavy atom. The zero-order valence-corrected chi connectivity index (χ0v) is 14.2. The van der Waals surface area contributed by atoms with Gasteiger partial charge in [0.15, 0.2) is 0 Å². The Hall–Kier alpha value is -2.23. The molecule has 1 aromatic carbocycles. The van der Waals surface area contributed by atoms with E-state index in [9.17, 15) is 4.79 Å². The lowest BCUT2D eigenvalue weighted by atomic mass is 10.0. The third kappa shape index (κ3) is 4.15. The molecule has 0 spiro atoms. The molecule has 1 N–H and O–H groups in total. The minimum absolute atomic E-state index is 0.102. The van der Waals surface area contributed by atoms with E-state index in [0.29, 0.717) is 11.1 Å². The minimum Gasteiger partial charge on any atom is -0.468 e. The molecule has 0 aliphatic heterocycles. The Morgan fingerprint density at radius 3 is 2.91 bits per heavy atom. The Balaban J connectivity index is 2.25. The normalized spacial score (nSPS) is 13.1. The average molecular weight is 329 g/mol. The minimum atomic E-state index is -0.641. The first-order valence-corrected chi connectivity index (χ1v) is 8.19. The highest BCUT2D eigenvalue weighted by Gasteiger charge is 2.25. The lowest BCUT2D eigenvalue weighted by Crippen LogP contribution is -2.31. The van der Waals surface area contributed by atoms with Gasteiger partial charge in [0.1, 0.15) is 11.0 Å². The molecule has 0 aliphatic carbocycles. The fourth-order valence-corrected chi connectivity index (χ4v) is 3.08. The van der Waals surface area contributed by atoms with Crippen LogP contribution in [0.25, 0.3) is 0 Å². The summed E-state index contributed by atoms with van der Waals surface area (Å²) in [4.78, 5) is 17.8. The number of aryl methyl sites for hydroxylation is 1. The van der Waals surface area contributed by atoms with Crippen LogP contribution in [0.15, 0.2) is 30.5 Å². The third-order valence-corrected chi connectivity index (χ3v) is 4.82. The molecule has 23 heavy (non-hydrogen) atoms. The van der Waals surface area contributed by atoms with Crippen molar-refractivity contribution < 1.29 is 9.53 Å². The van der Waals surface area contributed by atoms with Crippen molar-refractivity contribution in [2.24, 2.45) is 0 Å².